The molecule has 2 heterocycles. The Hall–Kier alpha value is -2.20. The maximum absolute atomic E-state index is 12.5. The first-order valence-corrected chi connectivity index (χ1v) is 7.92. The Kier molecular flexibility index (Phi) is 4.44. The molecule has 4 heteroatoms. The number of benzene rings is 1. The van der Waals surface area contributed by atoms with Gasteiger partial charge in [0.1, 0.15) is 5.41 Å². The van der Waals surface area contributed by atoms with Crippen LogP contribution in [0.25, 0.3) is 0 Å². The smallest absolute Gasteiger partial charge is 0.317 e. The van der Waals surface area contributed by atoms with Gasteiger partial charge >= 0.3 is 5.97 Å². The number of hydrogen-bond donors (Lipinski definition) is 0. The molecule has 0 amide bonds. The second kappa shape index (κ2) is 6.50. The van der Waals surface area contributed by atoms with Gasteiger partial charge in [0.15, 0.2) is 0 Å². The van der Waals surface area contributed by atoms with Crippen molar-refractivity contribution in [2.45, 2.75) is 25.3 Å². The Balaban J connectivity index is 1.84. The number of ether oxygens (including phenoxy) is 1. The molecular weight excluding hydrogens is 288 g/mol. The molecule has 4 nitrogen and oxygen atoms in total. The van der Waals surface area contributed by atoms with Crippen LogP contribution in [0.15, 0.2) is 48.7 Å². The molecule has 2 aromatic rings. The van der Waals surface area contributed by atoms with Gasteiger partial charge in [0.2, 0.25) is 0 Å². The molecule has 1 atom stereocenters. The van der Waals surface area contributed by atoms with Crippen LogP contribution in [-0.2, 0) is 21.5 Å². The lowest BCUT2D eigenvalue weighted by molar-refractivity contribution is -0.147. The molecule has 0 N–H and O–H groups in total. The van der Waals surface area contributed by atoms with E-state index in [9.17, 15) is 4.79 Å². The molecule has 1 aliphatic heterocycles. The summed E-state index contributed by atoms with van der Waals surface area (Å²) in [7, 11) is 1.47. The summed E-state index contributed by atoms with van der Waals surface area (Å²) < 4.78 is 5.13. The van der Waals surface area contributed by atoms with Crippen LogP contribution in [0.3, 0.4) is 0 Å². The SMILES string of the molecule is COC(=O)C1(c2ccccc2)CCN(Cc2ncccc2C)C1. The van der Waals surface area contributed by atoms with Crippen LogP contribution in [-0.4, -0.2) is 36.1 Å². The van der Waals surface area contributed by atoms with E-state index in [2.05, 4.69) is 22.9 Å². The van der Waals surface area contributed by atoms with Crippen molar-refractivity contribution < 1.29 is 9.53 Å². The Morgan fingerprint density at radius 2 is 2.04 bits per heavy atom. The number of carbonyl (C=O) groups excluding carboxylic acids is 1. The fourth-order valence-electron chi connectivity index (χ4n) is 3.39. The van der Waals surface area contributed by atoms with Gasteiger partial charge in [-0.15, -0.1) is 0 Å². The van der Waals surface area contributed by atoms with Crippen molar-refractivity contribution in [3.63, 3.8) is 0 Å². The second-order valence-corrected chi connectivity index (χ2v) is 6.17. The standard InChI is InChI=1S/C19H22N2O2/c1-15-7-6-11-20-17(15)13-21-12-10-19(14-21,18(22)23-2)16-8-4-3-5-9-16/h3-9,11H,10,12-14H2,1-2H3. The third-order valence-corrected chi connectivity index (χ3v) is 4.74. The molecule has 1 saturated heterocycles. The zero-order chi connectivity index (χ0) is 16.3. The molecule has 3 rings (SSSR count). The highest BCUT2D eigenvalue weighted by Crippen LogP contribution is 2.36. The Morgan fingerprint density at radius 1 is 1.26 bits per heavy atom. The summed E-state index contributed by atoms with van der Waals surface area (Å²) in [5, 5.41) is 0. The fourth-order valence-corrected chi connectivity index (χ4v) is 3.39. The number of aromatic nitrogens is 1. The van der Waals surface area contributed by atoms with Gasteiger partial charge in [-0.05, 0) is 30.5 Å². The molecule has 0 radical (unpaired) electrons. The van der Waals surface area contributed by atoms with Crippen LogP contribution in [0.1, 0.15) is 23.2 Å². The topological polar surface area (TPSA) is 42.4 Å². The Morgan fingerprint density at radius 3 is 2.74 bits per heavy atom. The van der Waals surface area contributed by atoms with E-state index in [1.165, 1.54) is 12.7 Å². The zero-order valence-corrected chi connectivity index (χ0v) is 13.7. The highest BCUT2D eigenvalue weighted by atomic mass is 16.5. The van der Waals surface area contributed by atoms with Gasteiger partial charge in [0.05, 0.1) is 12.8 Å². The largest absolute Gasteiger partial charge is 0.468 e. The molecular formula is C19H22N2O2. The minimum Gasteiger partial charge on any atom is -0.468 e. The predicted molar refractivity (Wildman–Crippen MR) is 89.0 cm³/mol. The van der Waals surface area contributed by atoms with Crippen molar-refractivity contribution in [1.82, 2.24) is 9.88 Å². The zero-order valence-electron chi connectivity index (χ0n) is 13.7. The third kappa shape index (κ3) is 2.99. The van der Waals surface area contributed by atoms with Crippen molar-refractivity contribution in [2.75, 3.05) is 20.2 Å². The first-order chi connectivity index (χ1) is 11.2. The summed E-state index contributed by atoms with van der Waals surface area (Å²) in [5.74, 6) is -0.149. The molecule has 0 saturated carbocycles. The number of nitrogens with zero attached hydrogens (tertiary/aromatic N) is 2. The van der Waals surface area contributed by atoms with Crippen LogP contribution in [0, 0.1) is 6.92 Å². The molecule has 0 bridgehead atoms. The van der Waals surface area contributed by atoms with E-state index in [4.69, 9.17) is 4.74 Å². The summed E-state index contributed by atoms with van der Waals surface area (Å²) in [6.45, 7) is 4.36. The number of carbonyl (C=O) groups is 1. The summed E-state index contributed by atoms with van der Waals surface area (Å²) >= 11 is 0. The number of rotatable bonds is 4. The maximum atomic E-state index is 12.5. The second-order valence-electron chi connectivity index (χ2n) is 6.17. The van der Waals surface area contributed by atoms with Crippen molar-refractivity contribution in [1.29, 1.82) is 0 Å². The van der Waals surface area contributed by atoms with Gasteiger partial charge in [-0.2, -0.15) is 0 Å². The van der Waals surface area contributed by atoms with Crippen LogP contribution in [0.5, 0.6) is 0 Å². The van der Waals surface area contributed by atoms with Gasteiger partial charge in [-0.3, -0.25) is 14.7 Å². The molecule has 1 aromatic heterocycles. The fraction of sp³-hybridized carbons (Fsp3) is 0.368. The normalized spacial score (nSPS) is 21.3. The van der Waals surface area contributed by atoms with E-state index in [1.807, 2.05) is 42.6 Å². The van der Waals surface area contributed by atoms with Crippen molar-refractivity contribution in [2.24, 2.45) is 0 Å². The average Bonchev–Trinajstić information content (AvgIpc) is 3.02. The molecule has 23 heavy (non-hydrogen) atoms. The van der Waals surface area contributed by atoms with E-state index in [0.29, 0.717) is 6.54 Å². The summed E-state index contributed by atoms with van der Waals surface area (Å²) in [5.41, 5.74) is 2.72. The Labute approximate surface area is 137 Å². The first-order valence-electron chi connectivity index (χ1n) is 7.92. The average molecular weight is 310 g/mol. The maximum Gasteiger partial charge on any atom is 0.317 e. The number of aryl methyl sites for hydroxylation is 1. The van der Waals surface area contributed by atoms with E-state index in [0.717, 1.165) is 30.8 Å². The molecule has 1 aromatic carbocycles. The molecule has 120 valence electrons. The van der Waals surface area contributed by atoms with Crippen LogP contribution in [0.2, 0.25) is 0 Å². The molecule has 0 spiro atoms. The van der Waals surface area contributed by atoms with E-state index < -0.39 is 5.41 Å². The van der Waals surface area contributed by atoms with Crippen molar-refractivity contribution in [3.8, 4) is 0 Å². The lowest BCUT2D eigenvalue weighted by Gasteiger charge is -2.27. The summed E-state index contributed by atoms with van der Waals surface area (Å²) in [6, 6.07) is 14.0. The lowest BCUT2D eigenvalue weighted by Crippen LogP contribution is -2.39. The van der Waals surface area contributed by atoms with Gasteiger partial charge in [-0.25, -0.2) is 0 Å². The molecule has 0 aliphatic carbocycles. The number of likely N-dealkylation sites (tertiary alicyclic amines) is 1. The third-order valence-electron chi connectivity index (χ3n) is 4.74. The first kappa shape index (κ1) is 15.7. The highest BCUT2D eigenvalue weighted by Gasteiger charge is 2.47. The Bertz CT molecular complexity index is 687. The lowest BCUT2D eigenvalue weighted by atomic mass is 9.79. The van der Waals surface area contributed by atoms with Crippen molar-refractivity contribution in [3.05, 3.63) is 65.5 Å². The van der Waals surface area contributed by atoms with Gasteiger partial charge in [0, 0.05) is 25.8 Å². The van der Waals surface area contributed by atoms with Crippen LogP contribution < -0.4 is 0 Å². The number of hydrogen-bond acceptors (Lipinski definition) is 4. The monoisotopic (exact) mass is 310 g/mol. The van der Waals surface area contributed by atoms with Crippen LogP contribution in [0.4, 0.5) is 0 Å². The molecule has 1 aliphatic rings. The molecule has 1 fully saturated rings. The molecule has 1 unspecified atom stereocenters. The minimum absolute atomic E-state index is 0.149. The minimum atomic E-state index is -0.571. The van der Waals surface area contributed by atoms with Gasteiger partial charge in [0.25, 0.3) is 0 Å². The summed E-state index contributed by atoms with van der Waals surface area (Å²) in [6.07, 6.45) is 2.60. The van der Waals surface area contributed by atoms with Gasteiger partial charge < -0.3 is 4.74 Å². The van der Waals surface area contributed by atoms with Crippen LogP contribution >= 0.6 is 0 Å². The van der Waals surface area contributed by atoms with E-state index >= 15 is 0 Å². The van der Waals surface area contributed by atoms with Gasteiger partial charge in [-0.1, -0.05) is 36.4 Å². The number of pyridine rings is 1. The van der Waals surface area contributed by atoms with Crippen molar-refractivity contribution >= 4 is 5.97 Å². The predicted octanol–water partition coefficient (Wildman–Crippen LogP) is 2.71. The highest BCUT2D eigenvalue weighted by molar-refractivity contribution is 5.84. The quantitative estimate of drug-likeness (QED) is 0.814. The van der Waals surface area contributed by atoms with E-state index in [1.54, 1.807) is 0 Å². The van der Waals surface area contributed by atoms with E-state index in [-0.39, 0.29) is 5.97 Å². The number of esters is 1. The number of methoxy groups -OCH3 is 1. The summed E-state index contributed by atoms with van der Waals surface area (Å²) in [4.78, 5) is 19.3.